The predicted molar refractivity (Wildman–Crippen MR) is 113 cm³/mol. The number of hydrogen-bond acceptors (Lipinski definition) is 6. The van der Waals surface area contributed by atoms with Crippen LogP contribution in [-0.2, 0) is 38.4 Å². The number of nitrogens with zero attached hydrogens (tertiary/aromatic N) is 2. The number of hydrogen-bond donors (Lipinski definition) is 0. The highest BCUT2D eigenvalue weighted by molar-refractivity contribution is 7.16. The monoisotopic (exact) mass is 426 g/mol. The Morgan fingerprint density at radius 1 is 1.00 bits per heavy atom. The predicted octanol–water partition coefficient (Wildman–Crippen LogP) is 2.89. The van der Waals surface area contributed by atoms with Gasteiger partial charge in [-0.15, -0.1) is 0 Å². The number of ether oxygens (including phenoxy) is 2. The smallest absolute Gasteiger partial charge is 0.337 e. The summed E-state index contributed by atoms with van der Waals surface area (Å²) >= 11 is 1.22. The maximum Gasteiger partial charge on any atom is 0.337 e. The molecular formula is C22H22N2O5S. The van der Waals surface area contributed by atoms with Gasteiger partial charge in [-0.3, -0.25) is 9.59 Å². The third kappa shape index (κ3) is 4.83. The van der Waals surface area contributed by atoms with Gasteiger partial charge in [0.15, 0.2) is 4.80 Å². The Morgan fingerprint density at radius 3 is 2.33 bits per heavy atom. The number of carbonyl (C=O) groups excluding carboxylic acids is 3. The Kier molecular flexibility index (Phi) is 6.79. The molecule has 156 valence electrons. The molecule has 0 atom stereocenters. The van der Waals surface area contributed by atoms with E-state index in [1.54, 1.807) is 22.8 Å². The third-order valence-corrected chi connectivity index (χ3v) is 5.67. The molecule has 0 spiro atoms. The van der Waals surface area contributed by atoms with Crippen LogP contribution in [0.15, 0.2) is 47.5 Å². The first kappa shape index (κ1) is 21.4. The van der Waals surface area contributed by atoms with Gasteiger partial charge in [0.2, 0.25) is 0 Å². The van der Waals surface area contributed by atoms with Gasteiger partial charge in [0.1, 0.15) is 6.54 Å². The Morgan fingerprint density at radius 2 is 1.70 bits per heavy atom. The summed E-state index contributed by atoms with van der Waals surface area (Å²) in [6.07, 6.45) is 1.09. The molecule has 0 aliphatic rings. The molecule has 1 amide bonds. The lowest BCUT2D eigenvalue weighted by atomic mass is 10.1. The first-order chi connectivity index (χ1) is 14.4. The second-order valence-electron chi connectivity index (χ2n) is 6.57. The molecule has 0 saturated carbocycles. The molecule has 3 rings (SSSR count). The molecule has 0 aliphatic heterocycles. The molecule has 3 aromatic rings. The zero-order valence-corrected chi connectivity index (χ0v) is 17.8. The summed E-state index contributed by atoms with van der Waals surface area (Å²) in [5, 5.41) is 0. The topological polar surface area (TPSA) is 87.0 Å². The van der Waals surface area contributed by atoms with Crippen molar-refractivity contribution in [3.8, 4) is 0 Å². The van der Waals surface area contributed by atoms with E-state index in [0.29, 0.717) is 20.6 Å². The van der Waals surface area contributed by atoms with Crippen LogP contribution in [0.1, 0.15) is 28.4 Å². The largest absolute Gasteiger partial charge is 0.468 e. The zero-order valence-electron chi connectivity index (χ0n) is 17.0. The highest BCUT2D eigenvalue weighted by atomic mass is 32.1. The lowest BCUT2D eigenvalue weighted by molar-refractivity contribution is -0.141. The minimum absolute atomic E-state index is 0.0919. The van der Waals surface area contributed by atoms with Gasteiger partial charge in [0.05, 0.1) is 36.4 Å². The SMILES string of the molecule is CCc1ccc(CC(=O)N=c2sc3cc(C(=O)OC)ccc3n2CC(=O)OC)cc1. The van der Waals surface area contributed by atoms with E-state index in [1.165, 1.54) is 31.1 Å². The van der Waals surface area contributed by atoms with Crippen molar-refractivity contribution >= 4 is 39.4 Å². The first-order valence-electron chi connectivity index (χ1n) is 9.39. The average Bonchev–Trinajstić information content (AvgIpc) is 3.09. The molecular weight excluding hydrogens is 404 g/mol. The maximum atomic E-state index is 12.6. The number of esters is 2. The lowest BCUT2D eigenvalue weighted by Gasteiger charge is -2.04. The van der Waals surface area contributed by atoms with Crippen LogP contribution < -0.4 is 4.80 Å². The van der Waals surface area contributed by atoms with E-state index in [2.05, 4.69) is 11.9 Å². The maximum absolute atomic E-state index is 12.6. The fourth-order valence-electron chi connectivity index (χ4n) is 2.96. The summed E-state index contributed by atoms with van der Waals surface area (Å²) in [6, 6.07) is 12.8. The fraction of sp³-hybridized carbons (Fsp3) is 0.273. The molecule has 0 bridgehead atoms. The molecule has 0 saturated heterocycles. The van der Waals surface area contributed by atoms with Gasteiger partial charge in [-0.25, -0.2) is 4.79 Å². The second kappa shape index (κ2) is 9.49. The summed E-state index contributed by atoms with van der Waals surface area (Å²) in [6.45, 7) is 1.98. The first-order valence-corrected chi connectivity index (χ1v) is 10.2. The third-order valence-electron chi connectivity index (χ3n) is 4.63. The van der Waals surface area contributed by atoms with Crippen molar-refractivity contribution in [2.24, 2.45) is 4.99 Å². The molecule has 0 radical (unpaired) electrons. The fourth-order valence-corrected chi connectivity index (χ4v) is 4.05. The number of fused-ring (bicyclic) bond motifs is 1. The number of amides is 1. The Balaban J connectivity index is 2.00. The van der Waals surface area contributed by atoms with Crippen LogP contribution in [0, 0.1) is 0 Å². The molecule has 0 N–H and O–H groups in total. The Bertz CT molecular complexity index is 1160. The van der Waals surface area contributed by atoms with Gasteiger partial charge in [0, 0.05) is 0 Å². The molecule has 0 aliphatic carbocycles. The highest BCUT2D eigenvalue weighted by Gasteiger charge is 2.14. The number of benzene rings is 2. The number of rotatable bonds is 6. The molecule has 1 aromatic heterocycles. The van der Waals surface area contributed by atoms with E-state index in [9.17, 15) is 14.4 Å². The minimum Gasteiger partial charge on any atom is -0.468 e. The standard InChI is InChI=1S/C22H22N2O5S/c1-4-14-5-7-15(8-6-14)11-19(25)23-22-24(13-20(26)28-2)17-10-9-16(21(27)29-3)12-18(17)30-22/h5-10,12H,4,11,13H2,1-3H3. The lowest BCUT2D eigenvalue weighted by Crippen LogP contribution is -2.22. The summed E-state index contributed by atoms with van der Waals surface area (Å²) < 4.78 is 11.9. The van der Waals surface area contributed by atoms with Gasteiger partial charge in [-0.1, -0.05) is 42.5 Å². The molecule has 2 aromatic carbocycles. The molecule has 8 heteroatoms. The van der Waals surface area contributed by atoms with Gasteiger partial charge < -0.3 is 14.0 Å². The van der Waals surface area contributed by atoms with Crippen molar-refractivity contribution < 1.29 is 23.9 Å². The van der Waals surface area contributed by atoms with Crippen LogP contribution in [0.5, 0.6) is 0 Å². The summed E-state index contributed by atoms with van der Waals surface area (Å²) in [7, 11) is 2.61. The van der Waals surface area contributed by atoms with Gasteiger partial charge in [-0.2, -0.15) is 4.99 Å². The number of methoxy groups -OCH3 is 2. The van der Waals surface area contributed by atoms with Crippen LogP contribution >= 0.6 is 11.3 Å². The van der Waals surface area contributed by atoms with Crippen LogP contribution in [0.4, 0.5) is 0 Å². The van der Waals surface area contributed by atoms with E-state index in [-0.39, 0.29) is 18.9 Å². The van der Waals surface area contributed by atoms with Crippen molar-refractivity contribution in [3.63, 3.8) is 0 Å². The van der Waals surface area contributed by atoms with E-state index >= 15 is 0 Å². The van der Waals surface area contributed by atoms with E-state index in [1.807, 2.05) is 24.3 Å². The van der Waals surface area contributed by atoms with Crippen LogP contribution in [-0.4, -0.2) is 36.6 Å². The summed E-state index contributed by atoms with van der Waals surface area (Å²) in [5.41, 5.74) is 3.13. The number of carbonyl (C=O) groups is 3. The highest BCUT2D eigenvalue weighted by Crippen LogP contribution is 2.20. The summed E-state index contributed by atoms with van der Waals surface area (Å²) in [4.78, 5) is 40.9. The second-order valence-corrected chi connectivity index (χ2v) is 7.58. The number of aryl methyl sites for hydroxylation is 1. The normalized spacial score (nSPS) is 11.5. The minimum atomic E-state index is -0.463. The van der Waals surface area contributed by atoms with Crippen molar-refractivity contribution in [1.82, 2.24) is 4.57 Å². The molecule has 0 unspecified atom stereocenters. The average molecular weight is 426 g/mol. The molecule has 7 nitrogen and oxygen atoms in total. The number of thiazole rings is 1. The number of aromatic nitrogens is 1. The molecule has 1 heterocycles. The van der Waals surface area contributed by atoms with E-state index < -0.39 is 11.9 Å². The van der Waals surface area contributed by atoms with Crippen LogP contribution in [0.25, 0.3) is 10.2 Å². The molecule has 0 fully saturated rings. The van der Waals surface area contributed by atoms with Gasteiger partial charge in [-0.05, 0) is 35.7 Å². The van der Waals surface area contributed by atoms with E-state index in [0.717, 1.165) is 12.0 Å². The van der Waals surface area contributed by atoms with Crippen molar-refractivity contribution in [2.45, 2.75) is 26.3 Å². The Hall–Kier alpha value is -3.26. The quantitative estimate of drug-likeness (QED) is 0.566. The van der Waals surface area contributed by atoms with Crippen molar-refractivity contribution in [1.29, 1.82) is 0 Å². The van der Waals surface area contributed by atoms with Gasteiger partial charge >= 0.3 is 11.9 Å². The zero-order chi connectivity index (χ0) is 21.7. The van der Waals surface area contributed by atoms with Gasteiger partial charge in [0.25, 0.3) is 5.91 Å². The Labute approximate surface area is 177 Å². The van der Waals surface area contributed by atoms with E-state index in [4.69, 9.17) is 9.47 Å². The van der Waals surface area contributed by atoms with Crippen LogP contribution in [0.2, 0.25) is 0 Å². The van der Waals surface area contributed by atoms with Crippen molar-refractivity contribution in [3.05, 3.63) is 64.0 Å². The van der Waals surface area contributed by atoms with Crippen LogP contribution in [0.3, 0.4) is 0 Å². The summed E-state index contributed by atoms with van der Waals surface area (Å²) in [5.74, 6) is -1.25. The molecule has 30 heavy (non-hydrogen) atoms. The van der Waals surface area contributed by atoms with Crippen molar-refractivity contribution in [2.75, 3.05) is 14.2 Å².